The van der Waals surface area contributed by atoms with Gasteiger partial charge in [-0.2, -0.15) is 4.31 Å². The molecule has 0 N–H and O–H groups in total. The fourth-order valence-corrected chi connectivity index (χ4v) is 7.12. The zero-order valence-electron chi connectivity index (χ0n) is 17.3. The number of benzene rings is 1. The van der Waals surface area contributed by atoms with Crippen molar-refractivity contribution in [2.24, 2.45) is 11.8 Å². The second kappa shape index (κ2) is 7.84. The summed E-state index contributed by atoms with van der Waals surface area (Å²) in [6, 6.07) is 5.27. The Morgan fingerprint density at radius 1 is 0.966 bits per heavy atom. The Labute approximate surface area is 173 Å². The molecule has 4 rings (SSSR count). The summed E-state index contributed by atoms with van der Waals surface area (Å²) in [7, 11) is -3.60. The van der Waals surface area contributed by atoms with Crippen LogP contribution in [0.25, 0.3) is 0 Å². The van der Waals surface area contributed by atoms with Crippen LogP contribution in [0, 0.1) is 18.8 Å². The maximum absolute atomic E-state index is 13.3. The normalized spacial score (nSPS) is 28.6. The largest absolute Gasteiger partial charge is 0.278 e. The number of hydrogen-bond acceptors (Lipinski definition) is 4. The highest BCUT2D eigenvalue weighted by atomic mass is 32.2. The summed E-state index contributed by atoms with van der Waals surface area (Å²) < 4.78 is 28.2. The molecule has 1 aromatic rings. The highest BCUT2D eigenvalue weighted by Gasteiger charge is 2.48. The summed E-state index contributed by atoms with van der Waals surface area (Å²) in [5, 5.41) is 0. The minimum atomic E-state index is -3.60. The molecule has 3 aliphatic rings. The molecule has 7 heteroatoms. The second-order valence-corrected chi connectivity index (χ2v) is 10.7. The van der Waals surface area contributed by atoms with Gasteiger partial charge in [0.25, 0.3) is 0 Å². The standard InChI is InChI=1S/C22H30N2O4S/c1-15-10-11-17(13-20(15)29(27,28)24-12-6-5-7-16(24)2)14-23-21(25)18-8-3-4-9-19(18)22(23)26/h10-11,13,16,18-19H,3-9,12,14H2,1-2H3/t16-,18-,19-/m1/s1. The Balaban J connectivity index is 1.60. The molecule has 3 fully saturated rings. The first kappa shape index (κ1) is 20.5. The number of piperidine rings is 1. The Morgan fingerprint density at radius 2 is 1.59 bits per heavy atom. The van der Waals surface area contributed by atoms with E-state index in [9.17, 15) is 18.0 Å². The van der Waals surface area contributed by atoms with E-state index in [-0.39, 0.29) is 36.2 Å². The molecule has 2 heterocycles. The molecule has 2 amide bonds. The maximum Gasteiger partial charge on any atom is 0.243 e. The first-order valence-electron chi connectivity index (χ1n) is 10.8. The van der Waals surface area contributed by atoms with Crippen molar-refractivity contribution in [3.63, 3.8) is 0 Å². The highest BCUT2D eigenvalue weighted by Crippen LogP contribution is 2.39. The van der Waals surface area contributed by atoms with Crippen molar-refractivity contribution >= 4 is 21.8 Å². The third-order valence-corrected chi connectivity index (χ3v) is 9.01. The molecule has 1 aromatic carbocycles. The van der Waals surface area contributed by atoms with Gasteiger partial charge in [0.2, 0.25) is 21.8 Å². The van der Waals surface area contributed by atoms with E-state index in [0.29, 0.717) is 22.6 Å². The van der Waals surface area contributed by atoms with Crippen LogP contribution in [0.15, 0.2) is 23.1 Å². The van der Waals surface area contributed by atoms with Gasteiger partial charge < -0.3 is 0 Å². The van der Waals surface area contributed by atoms with Crippen LogP contribution in [0.1, 0.15) is 63.0 Å². The summed E-state index contributed by atoms with van der Waals surface area (Å²) in [5.41, 5.74) is 1.39. The number of hydrogen-bond donors (Lipinski definition) is 0. The molecule has 0 bridgehead atoms. The van der Waals surface area contributed by atoms with Crippen molar-refractivity contribution in [2.45, 2.75) is 76.3 Å². The van der Waals surface area contributed by atoms with Gasteiger partial charge in [-0.15, -0.1) is 0 Å². The number of fused-ring (bicyclic) bond motifs is 1. The molecular weight excluding hydrogens is 388 g/mol. The third kappa shape index (κ3) is 3.63. The van der Waals surface area contributed by atoms with Crippen LogP contribution < -0.4 is 0 Å². The molecule has 3 atom stereocenters. The van der Waals surface area contributed by atoms with Gasteiger partial charge in [-0.3, -0.25) is 14.5 Å². The number of nitrogens with zero attached hydrogens (tertiary/aromatic N) is 2. The van der Waals surface area contributed by atoms with E-state index in [4.69, 9.17) is 0 Å². The first-order valence-corrected chi connectivity index (χ1v) is 12.2. The van der Waals surface area contributed by atoms with Crippen molar-refractivity contribution in [2.75, 3.05) is 6.54 Å². The summed E-state index contributed by atoms with van der Waals surface area (Å²) in [6.07, 6.45) is 6.36. The smallest absolute Gasteiger partial charge is 0.243 e. The van der Waals surface area contributed by atoms with E-state index >= 15 is 0 Å². The lowest BCUT2D eigenvalue weighted by Gasteiger charge is -2.32. The van der Waals surface area contributed by atoms with Gasteiger partial charge >= 0.3 is 0 Å². The van der Waals surface area contributed by atoms with Gasteiger partial charge in [0, 0.05) is 12.6 Å². The summed E-state index contributed by atoms with van der Waals surface area (Å²) in [5.74, 6) is -0.540. The van der Waals surface area contributed by atoms with Crippen molar-refractivity contribution in [3.8, 4) is 0 Å². The third-order valence-electron chi connectivity index (χ3n) is 6.85. The zero-order chi connectivity index (χ0) is 20.8. The van der Waals surface area contributed by atoms with E-state index in [1.54, 1.807) is 23.4 Å². The fraction of sp³-hybridized carbons (Fsp3) is 0.636. The summed E-state index contributed by atoms with van der Waals surface area (Å²) >= 11 is 0. The number of aryl methyl sites for hydroxylation is 1. The maximum atomic E-state index is 13.3. The summed E-state index contributed by atoms with van der Waals surface area (Å²) in [4.78, 5) is 27.2. The van der Waals surface area contributed by atoms with E-state index < -0.39 is 10.0 Å². The molecule has 1 saturated carbocycles. The molecule has 29 heavy (non-hydrogen) atoms. The number of likely N-dealkylation sites (tertiary alicyclic amines) is 1. The predicted molar refractivity (Wildman–Crippen MR) is 109 cm³/mol. The molecule has 1 aliphatic carbocycles. The molecule has 0 spiro atoms. The average Bonchev–Trinajstić information content (AvgIpc) is 2.94. The SMILES string of the molecule is Cc1ccc(CN2C(=O)[C@@H]3CCCC[C@H]3C2=O)cc1S(=O)(=O)N1CCCC[C@H]1C. The highest BCUT2D eigenvalue weighted by molar-refractivity contribution is 7.89. The average molecular weight is 419 g/mol. The molecule has 2 aliphatic heterocycles. The molecule has 0 unspecified atom stereocenters. The lowest BCUT2D eigenvalue weighted by Crippen LogP contribution is -2.42. The van der Waals surface area contributed by atoms with Gasteiger partial charge in [-0.1, -0.05) is 31.4 Å². The Kier molecular flexibility index (Phi) is 5.55. The van der Waals surface area contributed by atoms with Gasteiger partial charge in [0.1, 0.15) is 0 Å². The number of amides is 2. The molecule has 158 valence electrons. The van der Waals surface area contributed by atoms with Gasteiger partial charge in [0.15, 0.2) is 0 Å². The fourth-order valence-electron chi connectivity index (χ4n) is 5.15. The van der Waals surface area contributed by atoms with Crippen molar-refractivity contribution in [1.29, 1.82) is 0 Å². The van der Waals surface area contributed by atoms with Gasteiger partial charge in [-0.05, 0) is 56.7 Å². The van der Waals surface area contributed by atoms with Crippen LogP contribution in [0.4, 0.5) is 0 Å². The number of carbonyl (C=O) groups excluding carboxylic acids is 2. The van der Waals surface area contributed by atoms with Gasteiger partial charge in [0.05, 0.1) is 23.3 Å². The quantitative estimate of drug-likeness (QED) is 0.704. The lowest BCUT2D eigenvalue weighted by molar-refractivity contribution is -0.140. The van der Waals surface area contributed by atoms with E-state index in [1.165, 1.54) is 4.90 Å². The molecule has 6 nitrogen and oxygen atoms in total. The summed E-state index contributed by atoms with van der Waals surface area (Å²) in [6.45, 7) is 4.45. The second-order valence-electron chi connectivity index (χ2n) is 8.82. The Morgan fingerprint density at radius 3 is 2.21 bits per heavy atom. The van der Waals surface area contributed by atoms with Crippen molar-refractivity contribution in [3.05, 3.63) is 29.3 Å². The minimum Gasteiger partial charge on any atom is -0.278 e. The van der Waals surface area contributed by atoms with Crippen molar-refractivity contribution < 1.29 is 18.0 Å². The van der Waals surface area contributed by atoms with E-state index in [0.717, 1.165) is 44.9 Å². The van der Waals surface area contributed by atoms with Crippen LogP contribution in [0.5, 0.6) is 0 Å². The molecule has 0 aromatic heterocycles. The van der Waals surface area contributed by atoms with E-state index in [2.05, 4.69) is 0 Å². The van der Waals surface area contributed by atoms with E-state index in [1.807, 2.05) is 13.0 Å². The predicted octanol–water partition coefficient (Wildman–Crippen LogP) is 3.23. The Bertz CT molecular complexity index is 903. The van der Waals surface area contributed by atoms with Crippen LogP contribution in [0.3, 0.4) is 0 Å². The molecular formula is C22H30N2O4S. The van der Waals surface area contributed by atoms with Gasteiger partial charge in [-0.25, -0.2) is 8.42 Å². The Hall–Kier alpha value is -1.73. The van der Waals surface area contributed by atoms with Crippen molar-refractivity contribution in [1.82, 2.24) is 9.21 Å². The van der Waals surface area contributed by atoms with Crippen LogP contribution in [0.2, 0.25) is 0 Å². The number of sulfonamides is 1. The van der Waals surface area contributed by atoms with Crippen LogP contribution >= 0.6 is 0 Å². The monoisotopic (exact) mass is 418 g/mol. The molecule has 0 radical (unpaired) electrons. The number of imide groups is 1. The number of rotatable bonds is 4. The topological polar surface area (TPSA) is 74.8 Å². The lowest BCUT2D eigenvalue weighted by atomic mass is 9.81. The molecule has 2 saturated heterocycles. The number of carbonyl (C=O) groups is 2. The zero-order valence-corrected chi connectivity index (χ0v) is 18.1. The van der Waals surface area contributed by atoms with Crippen LogP contribution in [-0.2, 0) is 26.2 Å². The first-order chi connectivity index (χ1) is 13.8. The van der Waals surface area contributed by atoms with Crippen LogP contribution in [-0.4, -0.2) is 42.0 Å². The minimum absolute atomic E-state index is 0.0123.